The van der Waals surface area contributed by atoms with Crippen LogP contribution in [0.3, 0.4) is 0 Å². The number of esters is 1. The van der Waals surface area contributed by atoms with Crippen molar-refractivity contribution in [3.63, 3.8) is 0 Å². The van der Waals surface area contributed by atoms with Gasteiger partial charge in [-0.05, 0) is 92.4 Å². The summed E-state index contributed by atoms with van der Waals surface area (Å²) in [4.78, 5) is 24.8. The first-order valence-corrected chi connectivity index (χ1v) is 11.4. The van der Waals surface area contributed by atoms with E-state index in [2.05, 4.69) is 17.6 Å². The number of hydrogen-bond acceptors (Lipinski definition) is 3. The molecule has 2 N–H and O–H groups in total. The van der Waals surface area contributed by atoms with Crippen molar-refractivity contribution in [1.82, 2.24) is 5.32 Å². The molecule has 2 amide bonds. The number of benzene rings is 1. The van der Waals surface area contributed by atoms with E-state index in [9.17, 15) is 9.59 Å². The molecule has 29 heavy (non-hydrogen) atoms. The monoisotopic (exact) mass is 396 g/mol. The highest BCUT2D eigenvalue weighted by atomic mass is 16.5. The van der Waals surface area contributed by atoms with Gasteiger partial charge in [0.15, 0.2) is 0 Å². The fourth-order valence-electron chi connectivity index (χ4n) is 7.20. The molecule has 3 bridgehead atoms. The van der Waals surface area contributed by atoms with Gasteiger partial charge in [0.25, 0.3) is 0 Å². The second kappa shape index (κ2) is 7.03. The molecule has 0 aliphatic heterocycles. The van der Waals surface area contributed by atoms with Crippen LogP contribution in [0.5, 0.6) is 0 Å². The summed E-state index contributed by atoms with van der Waals surface area (Å²) >= 11 is 0. The molecule has 4 aliphatic rings. The first-order chi connectivity index (χ1) is 14.0. The predicted octanol–water partition coefficient (Wildman–Crippen LogP) is 5.12. The van der Waals surface area contributed by atoms with Crippen molar-refractivity contribution in [1.29, 1.82) is 0 Å². The SMILES string of the molecule is CCCCCOC(=O)c1ccc(NC(=O)NC23CC4CC5CC(C2)C5(C4)C3)cc1. The number of carbonyl (C=O) groups excluding carboxylic acids is 2. The minimum absolute atomic E-state index is 0.00511. The summed E-state index contributed by atoms with van der Waals surface area (Å²) in [6, 6.07) is 6.87. The lowest BCUT2D eigenvalue weighted by molar-refractivity contribution is -0.000471. The molecule has 0 aromatic heterocycles. The van der Waals surface area contributed by atoms with Crippen molar-refractivity contribution < 1.29 is 14.3 Å². The minimum atomic E-state index is -0.302. The van der Waals surface area contributed by atoms with Gasteiger partial charge in [0.1, 0.15) is 0 Å². The van der Waals surface area contributed by atoms with Gasteiger partial charge in [-0.3, -0.25) is 0 Å². The van der Waals surface area contributed by atoms with Crippen LogP contribution in [-0.2, 0) is 4.74 Å². The first-order valence-electron chi connectivity index (χ1n) is 11.4. The van der Waals surface area contributed by atoms with Crippen molar-refractivity contribution >= 4 is 17.7 Å². The molecule has 1 aromatic carbocycles. The van der Waals surface area contributed by atoms with Crippen molar-refractivity contribution in [3.05, 3.63) is 29.8 Å². The topological polar surface area (TPSA) is 67.4 Å². The third-order valence-electron chi connectivity index (χ3n) is 8.20. The van der Waals surface area contributed by atoms with Gasteiger partial charge in [-0.25, -0.2) is 9.59 Å². The largest absolute Gasteiger partial charge is 0.462 e. The van der Waals surface area contributed by atoms with Crippen molar-refractivity contribution in [2.24, 2.45) is 23.2 Å². The molecule has 1 aromatic rings. The van der Waals surface area contributed by atoms with Crippen LogP contribution in [0.15, 0.2) is 24.3 Å². The average Bonchev–Trinajstić information content (AvgIpc) is 3.00. The predicted molar refractivity (Wildman–Crippen MR) is 112 cm³/mol. The Morgan fingerprint density at radius 1 is 1.07 bits per heavy atom. The van der Waals surface area contributed by atoms with E-state index in [0.717, 1.165) is 49.9 Å². The molecule has 156 valence electrons. The smallest absolute Gasteiger partial charge is 0.338 e. The van der Waals surface area contributed by atoms with E-state index in [4.69, 9.17) is 4.74 Å². The van der Waals surface area contributed by atoms with E-state index in [-0.39, 0.29) is 17.5 Å². The number of carbonyl (C=O) groups is 2. The molecule has 0 radical (unpaired) electrons. The molecule has 5 heteroatoms. The Balaban J connectivity index is 1.15. The number of urea groups is 1. The number of fused-ring (bicyclic) bond motifs is 2. The Morgan fingerprint density at radius 2 is 1.90 bits per heavy atom. The minimum Gasteiger partial charge on any atom is -0.462 e. The van der Waals surface area contributed by atoms with Gasteiger partial charge < -0.3 is 15.4 Å². The van der Waals surface area contributed by atoms with Crippen LogP contribution in [0, 0.1) is 23.2 Å². The lowest BCUT2D eigenvalue weighted by Gasteiger charge is -2.49. The summed E-state index contributed by atoms with van der Waals surface area (Å²) in [6.07, 6.45) is 10.7. The molecule has 4 saturated carbocycles. The molecular weight excluding hydrogens is 364 g/mol. The number of unbranched alkanes of at least 4 members (excludes halogenated alkanes) is 2. The second-order valence-electron chi connectivity index (χ2n) is 10.0. The van der Waals surface area contributed by atoms with Crippen LogP contribution in [0.25, 0.3) is 0 Å². The Bertz CT molecular complexity index is 803. The molecule has 1 spiro atoms. The van der Waals surface area contributed by atoms with Crippen molar-refractivity contribution in [2.45, 2.75) is 70.3 Å². The molecule has 4 fully saturated rings. The fourth-order valence-corrected chi connectivity index (χ4v) is 7.20. The van der Waals surface area contributed by atoms with Crippen LogP contribution in [-0.4, -0.2) is 24.1 Å². The Labute approximate surface area is 173 Å². The zero-order chi connectivity index (χ0) is 20.1. The Kier molecular flexibility index (Phi) is 4.60. The van der Waals surface area contributed by atoms with Crippen LogP contribution >= 0.6 is 0 Å². The lowest BCUT2D eigenvalue weighted by Crippen LogP contribution is -2.51. The second-order valence-corrected chi connectivity index (χ2v) is 10.0. The number of amides is 2. The number of rotatable bonds is 7. The number of anilines is 1. The quantitative estimate of drug-likeness (QED) is 0.496. The van der Waals surface area contributed by atoms with E-state index < -0.39 is 0 Å². The van der Waals surface area contributed by atoms with Crippen LogP contribution in [0.2, 0.25) is 0 Å². The maximum atomic E-state index is 12.7. The van der Waals surface area contributed by atoms with Crippen molar-refractivity contribution in [2.75, 3.05) is 11.9 Å². The van der Waals surface area contributed by atoms with E-state index >= 15 is 0 Å². The maximum Gasteiger partial charge on any atom is 0.338 e. The van der Waals surface area contributed by atoms with E-state index in [1.165, 1.54) is 25.7 Å². The third kappa shape index (κ3) is 3.23. The highest BCUT2D eigenvalue weighted by molar-refractivity contribution is 5.92. The van der Waals surface area contributed by atoms with E-state index in [1.54, 1.807) is 24.3 Å². The highest BCUT2D eigenvalue weighted by Crippen LogP contribution is 2.76. The van der Waals surface area contributed by atoms with Crippen LogP contribution in [0.1, 0.15) is 75.1 Å². The Hall–Kier alpha value is -2.04. The summed E-state index contributed by atoms with van der Waals surface area (Å²) in [7, 11) is 0. The van der Waals surface area contributed by atoms with Gasteiger partial charge in [-0.2, -0.15) is 0 Å². The summed E-state index contributed by atoms with van der Waals surface area (Å²) in [5.41, 5.74) is 1.80. The van der Waals surface area contributed by atoms with Gasteiger partial charge >= 0.3 is 12.0 Å². The van der Waals surface area contributed by atoms with E-state index in [0.29, 0.717) is 23.3 Å². The fraction of sp³-hybridized carbons (Fsp3) is 0.667. The maximum absolute atomic E-state index is 12.7. The Morgan fingerprint density at radius 3 is 2.69 bits per heavy atom. The molecule has 5 unspecified atom stereocenters. The normalized spacial score (nSPS) is 35.7. The standard InChI is InChI=1S/C24H32N2O3/c1-2-3-4-9-29-21(27)17-5-7-20(8-6-17)25-22(28)26-23-12-16-10-18-11-19(14-23)24(18,13-16)15-23/h5-8,16,18-19H,2-4,9-15H2,1H3,(H2,25,26,28). The number of nitrogens with one attached hydrogen (secondary N) is 2. The molecule has 5 nitrogen and oxygen atoms in total. The van der Waals surface area contributed by atoms with Crippen molar-refractivity contribution in [3.8, 4) is 0 Å². The molecule has 0 heterocycles. The number of ether oxygens (including phenoxy) is 1. The van der Waals surface area contributed by atoms with Gasteiger partial charge in [0, 0.05) is 11.2 Å². The molecular formula is C24H32N2O3. The zero-order valence-corrected chi connectivity index (χ0v) is 17.3. The highest BCUT2D eigenvalue weighted by Gasteiger charge is 2.71. The van der Waals surface area contributed by atoms with Gasteiger partial charge in [-0.1, -0.05) is 19.8 Å². The summed E-state index contributed by atoms with van der Waals surface area (Å²) in [5, 5.41) is 6.33. The first kappa shape index (κ1) is 19.0. The molecule has 0 saturated heterocycles. The number of hydrogen-bond donors (Lipinski definition) is 2. The molecule has 5 atom stereocenters. The average molecular weight is 397 g/mol. The summed E-state index contributed by atoms with van der Waals surface area (Å²) in [5.74, 6) is 2.28. The third-order valence-corrected chi connectivity index (χ3v) is 8.20. The van der Waals surface area contributed by atoms with Gasteiger partial charge in [0.2, 0.25) is 0 Å². The molecule has 5 rings (SSSR count). The van der Waals surface area contributed by atoms with Gasteiger partial charge in [0.05, 0.1) is 12.2 Å². The zero-order valence-electron chi connectivity index (χ0n) is 17.3. The summed E-state index contributed by atoms with van der Waals surface area (Å²) in [6.45, 7) is 2.58. The molecule has 4 aliphatic carbocycles. The van der Waals surface area contributed by atoms with Gasteiger partial charge in [-0.15, -0.1) is 0 Å². The van der Waals surface area contributed by atoms with Crippen LogP contribution < -0.4 is 10.6 Å². The van der Waals surface area contributed by atoms with E-state index in [1.807, 2.05) is 0 Å². The lowest BCUT2D eigenvalue weighted by atomic mass is 9.56. The van der Waals surface area contributed by atoms with Crippen LogP contribution in [0.4, 0.5) is 10.5 Å². The summed E-state index contributed by atoms with van der Waals surface area (Å²) < 4.78 is 5.28.